The number of hydrogen-bond donors (Lipinski definition) is 0. The summed E-state index contributed by atoms with van der Waals surface area (Å²) in [5.41, 5.74) is 0. The standard InChI is InChI=1S/C6H11N/c1-3-4-6-5-7(6)2/h3-4,6H,5H2,1-2H3/b4-3-. The smallest absolute Gasteiger partial charge is 0.0403 e. The molecule has 1 saturated heterocycles. The second kappa shape index (κ2) is 1.66. The normalized spacial score (nSPS) is 39.7. The van der Waals surface area contributed by atoms with Crippen molar-refractivity contribution in [2.24, 2.45) is 0 Å². The van der Waals surface area contributed by atoms with E-state index in [1.54, 1.807) is 0 Å². The molecule has 0 saturated carbocycles. The van der Waals surface area contributed by atoms with Gasteiger partial charge in [-0.25, -0.2) is 0 Å². The second-order valence-corrected chi connectivity index (χ2v) is 2.03. The van der Waals surface area contributed by atoms with Crippen LogP contribution in [0.4, 0.5) is 0 Å². The molecular formula is C6H11N. The number of allylic oxidation sites excluding steroid dienone is 1. The Bertz CT molecular complexity index is 86.2. The molecule has 0 aliphatic carbocycles. The lowest BCUT2D eigenvalue weighted by molar-refractivity contribution is 0.660. The maximum absolute atomic E-state index is 2.29. The maximum atomic E-state index is 2.29. The molecule has 1 heterocycles. The lowest BCUT2D eigenvalue weighted by atomic mass is 10.4. The van der Waals surface area contributed by atoms with Gasteiger partial charge in [-0.15, -0.1) is 0 Å². The molecule has 1 heteroatoms. The molecule has 0 aromatic carbocycles. The van der Waals surface area contributed by atoms with E-state index in [9.17, 15) is 0 Å². The summed E-state index contributed by atoms with van der Waals surface area (Å²) >= 11 is 0. The molecule has 1 aliphatic rings. The lowest BCUT2D eigenvalue weighted by Gasteiger charge is -1.80. The van der Waals surface area contributed by atoms with Crippen molar-refractivity contribution in [2.75, 3.05) is 13.6 Å². The first-order valence-corrected chi connectivity index (χ1v) is 2.67. The number of rotatable bonds is 1. The number of likely N-dealkylation sites (N-methyl/N-ethyl adjacent to an activating group) is 1. The Hall–Kier alpha value is -0.300. The molecule has 0 bridgehead atoms. The molecule has 7 heavy (non-hydrogen) atoms. The van der Waals surface area contributed by atoms with Gasteiger partial charge in [0.25, 0.3) is 0 Å². The van der Waals surface area contributed by atoms with Crippen molar-refractivity contribution in [3.63, 3.8) is 0 Å². The topological polar surface area (TPSA) is 3.01 Å². The molecule has 0 radical (unpaired) electrons. The van der Waals surface area contributed by atoms with E-state index in [-0.39, 0.29) is 0 Å². The van der Waals surface area contributed by atoms with Crippen molar-refractivity contribution in [3.05, 3.63) is 12.2 Å². The van der Waals surface area contributed by atoms with Gasteiger partial charge in [0.2, 0.25) is 0 Å². The van der Waals surface area contributed by atoms with Crippen LogP contribution in [0.1, 0.15) is 6.92 Å². The summed E-state index contributed by atoms with van der Waals surface area (Å²) in [6, 6.07) is 0.769. The first-order chi connectivity index (χ1) is 3.34. The van der Waals surface area contributed by atoms with Crippen LogP contribution in [0.15, 0.2) is 12.2 Å². The maximum Gasteiger partial charge on any atom is 0.0403 e. The van der Waals surface area contributed by atoms with E-state index in [2.05, 4.69) is 31.0 Å². The highest BCUT2D eigenvalue weighted by molar-refractivity contribution is 5.02. The van der Waals surface area contributed by atoms with Crippen LogP contribution in [0.2, 0.25) is 0 Å². The summed E-state index contributed by atoms with van der Waals surface area (Å²) in [6.07, 6.45) is 4.33. The Morgan fingerprint density at radius 2 is 2.29 bits per heavy atom. The molecule has 1 fully saturated rings. The molecule has 1 nitrogen and oxygen atoms in total. The minimum absolute atomic E-state index is 0.769. The molecule has 1 rings (SSSR count). The average molecular weight is 97.2 g/mol. The Balaban J connectivity index is 2.21. The monoisotopic (exact) mass is 97.1 g/mol. The van der Waals surface area contributed by atoms with Gasteiger partial charge in [0.1, 0.15) is 0 Å². The van der Waals surface area contributed by atoms with Gasteiger partial charge in [0.05, 0.1) is 0 Å². The van der Waals surface area contributed by atoms with E-state index in [0.29, 0.717) is 0 Å². The second-order valence-electron chi connectivity index (χ2n) is 2.03. The fourth-order valence-electron chi connectivity index (χ4n) is 0.678. The van der Waals surface area contributed by atoms with Crippen LogP contribution in [-0.4, -0.2) is 24.5 Å². The summed E-state index contributed by atoms with van der Waals surface area (Å²) < 4.78 is 0. The zero-order chi connectivity index (χ0) is 5.28. The molecule has 2 unspecified atom stereocenters. The van der Waals surface area contributed by atoms with Crippen LogP contribution >= 0.6 is 0 Å². The van der Waals surface area contributed by atoms with Gasteiger partial charge < -0.3 is 0 Å². The third-order valence-electron chi connectivity index (χ3n) is 1.32. The van der Waals surface area contributed by atoms with E-state index in [4.69, 9.17) is 0 Å². The Morgan fingerprint density at radius 1 is 1.71 bits per heavy atom. The van der Waals surface area contributed by atoms with Crippen LogP contribution in [0.3, 0.4) is 0 Å². The number of nitrogens with zero attached hydrogens (tertiary/aromatic N) is 1. The first-order valence-electron chi connectivity index (χ1n) is 2.67. The van der Waals surface area contributed by atoms with Crippen molar-refractivity contribution in [2.45, 2.75) is 13.0 Å². The van der Waals surface area contributed by atoms with Crippen molar-refractivity contribution >= 4 is 0 Å². The van der Waals surface area contributed by atoms with E-state index < -0.39 is 0 Å². The molecule has 0 aromatic heterocycles. The number of hydrogen-bond acceptors (Lipinski definition) is 1. The first kappa shape index (κ1) is 4.85. The summed E-state index contributed by atoms with van der Waals surface area (Å²) in [5, 5.41) is 0. The van der Waals surface area contributed by atoms with E-state index in [1.807, 2.05) is 0 Å². The quantitative estimate of drug-likeness (QED) is 0.346. The van der Waals surface area contributed by atoms with Crippen LogP contribution in [-0.2, 0) is 0 Å². The van der Waals surface area contributed by atoms with E-state index in [1.165, 1.54) is 6.54 Å². The van der Waals surface area contributed by atoms with Crippen molar-refractivity contribution in [1.29, 1.82) is 0 Å². The molecule has 0 spiro atoms. The van der Waals surface area contributed by atoms with Gasteiger partial charge in [0.15, 0.2) is 0 Å². The van der Waals surface area contributed by atoms with Crippen LogP contribution < -0.4 is 0 Å². The Labute approximate surface area is 44.6 Å². The molecule has 0 amide bonds. The van der Waals surface area contributed by atoms with Gasteiger partial charge in [-0.1, -0.05) is 12.2 Å². The molecule has 0 aromatic rings. The van der Waals surface area contributed by atoms with Gasteiger partial charge in [-0.2, -0.15) is 0 Å². The lowest BCUT2D eigenvalue weighted by Crippen LogP contribution is -1.86. The predicted octanol–water partition coefficient (Wildman–Crippen LogP) is 0.877. The van der Waals surface area contributed by atoms with Gasteiger partial charge in [0, 0.05) is 12.6 Å². The van der Waals surface area contributed by atoms with Gasteiger partial charge >= 0.3 is 0 Å². The van der Waals surface area contributed by atoms with E-state index in [0.717, 1.165) is 6.04 Å². The summed E-state index contributed by atoms with van der Waals surface area (Å²) in [6.45, 7) is 3.32. The minimum Gasteiger partial charge on any atom is -0.297 e. The van der Waals surface area contributed by atoms with Crippen molar-refractivity contribution in [3.8, 4) is 0 Å². The summed E-state index contributed by atoms with van der Waals surface area (Å²) in [7, 11) is 2.13. The third kappa shape index (κ3) is 1.03. The highest BCUT2D eigenvalue weighted by Crippen LogP contribution is 2.13. The Kier molecular flexibility index (Phi) is 1.15. The minimum atomic E-state index is 0.769. The van der Waals surface area contributed by atoms with Crippen LogP contribution in [0.5, 0.6) is 0 Å². The highest BCUT2D eigenvalue weighted by atomic mass is 15.3. The third-order valence-corrected chi connectivity index (χ3v) is 1.32. The molecule has 1 aliphatic heterocycles. The fraction of sp³-hybridized carbons (Fsp3) is 0.667. The van der Waals surface area contributed by atoms with Crippen LogP contribution in [0.25, 0.3) is 0 Å². The van der Waals surface area contributed by atoms with Gasteiger partial charge in [-0.05, 0) is 14.0 Å². The summed E-state index contributed by atoms with van der Waals surface area (Å²) in [4.78, 5) is 2.29. The Morgan fingerprint density at radius 3 is 2.43 bits per heavy atom. The zero-order valence-electron chi connectivity index (χ0n) is 4.89. The van der Waals surface area contributed by atoms with Crippen molar-refractivity contribution < 1.29 is 0 Å². The fourth-order valence-corrected chi connectivity index (χ4v) is 0.678. The van der Waals surface area contributed by atoms with Gasteiger partial charge in [-0.3, -0.25) is 4.90 Å². The summed E-state index contributed by atoms with van der Waals surface area (Å²) in [5.74, 6) is 0. The zero-order valence-corrected chi connectivity index (χ0v) is 4.89. The van der Waals surface area contributed by atoms with E-state index >= 15 is 0 Å². The van der Waals surface area contributed by atoms with Crippen LogP contribution in [0, 0.1) is 0 Å². The highest BCUT2D eigenvalue weighted by Gasteiger charge is 2.25. The largest absolute Gasteiger partial charge is 0.297 e. The predicted molar refractivity (Wildman–Crippen MR) is 31.2 cm³/mol. The molecular weight excluding hydrogens is 86.1 g/mol. The SMILES string of the molecule is C/C=C\C1CN1C. The van der Waals surface area contributed by atoms with Crippen molar-refractivity contribution in [1.82, 2.24) is 4.90 Å². The molecule has 40 valence electrons. The molecule has 2 atom stereocenters. The average Bonchev–Trinajstić information content (AvgIpc) is 2.22. The molecule has 0 N–H and O–H groups in total.